The Bertz CT molecular complexity index is 363. The Morgan fingerprint density at radius 1 is 1.15 bits per heavy atom. The second-order valence-electron chi connectivity index (χ2n) is 6.26. The first-order valence-electron chi connectivity index (χ1n) is 8.65. The highest BCUT2D eigenvalue weighted by molar-refractivity contribution is 5.11. The Hall–Kier alpha value is -0.760. The van der Waals surface area contributed by atoms with Gasteiger partial charge in [-0.3, -0.25) is 0 Å². The molecule has 2 nitrogen and oxygen atoms in total. The normalized spacial score (nSPS) is 18.9. The summed E-state index contributed by atoms with van der Waals surface area (Å²) < 4.78 is 6.00. The molecule has 1 N–H and O–H groups in total. The van der Waals surface area contributed by atoms with Gasteiger partial charge in [0.2, 0.25) is 0 Å². The highest BCUT2D eigenvalue weighted by atomic mass is 16.3. The zero-order valence-corrected chi connectivity index (χ0v) is 13.3. The Kier molecular flexibility index (Phi) is 6.65. The number of hydrogen-bond donors (Lipinski definition) is 1. The van der Waals surface area contributed by atoms with Gasteiger partial charge in [-0.05, 0) is 37.4 Å². The molecule has 1 aliphatic carbocycles. The lowest BCUT2D eigenvalue weighted by atomic mass is 9.91. The molecule has 0 spiro atoms. The van der Waals surface area contributed by atoms with Crippen molar-refractivity contribution in [1.29, 1.82) is 0 Å². The Morgan fingerprint density at radius 3 is 2.50 bits per heavy atom. The van der Waals surface area contributed by atoms with Crippen LogP contribution in [0.5, 0.6) is 0 Å². The van der Waals surface area contributed by atoms with Crippen molar-refractivity contribution in [3.63, 3.8) is 0 Å². The van der Waals surface area contributed by atoms with Gasteiger partial charge in [-0.15, -0.1) is 0 Å². The summed E-state index contributed by atoms with van der Waals surface area (Å²) in [7, 11) is 0. The minimum atomic E-state index is 0.415. The largest absolute Gasteiger partial charge is 0.464 e. The van der Waals surface area contributed by atoms with Crippen LogP contribution < -0.4 is 5.32 Å². The van der Waals surface area contributed by atoms with Gasteiger partial charge in [0.15, 0.2) is 0 Å². The van der Waals surface area contributed by atoms with E-state index in [1.54, 1.807) is 0 Å². The summed E-state index contributed by atoms with van der Waals surface area (Å²) in [4.78, 5) is 0. The van der Waals surface area contributed by atoms with E-state index >= 15 is 0 Å². The van der Waals surface area contributed by atoms with Crippen molar-refractivity contribution in [2.75, 3.05) is 6.54 Å². The van der Waals surface area contributed by atoms with E-state index in [0.29, 0.717) is 6.04 Å². The van der Waals surface area contributed by atoms with Crippen LogP contribution in [-0.4, -0.2) is 6.54 Å². The average molecular weight is 277 g/mol. The van der Waals surface area contributed by atoms with Gasteiger partial charge in [0.25, 0.3) is 0 Å². The zero-order chi connectivity index (χ0) is 14.2. The summed E-state index contributed by atoms with van der Waals surface area (Å²) in [6, 6.07) is 4.74. The summed E-state index contributed by atoms with van der Waals surface area (Å²) in [5.74, 6) is 3.14. The first-order chi connectivity index (χ1) is 9.83. The van der Waals surface area contributed by atoms with Crippen molar-refractivity contribution in [2.24, 2.45) is 5.92 Å². The second-order valence-corrected chi connectivity index (χ2v) is 6.26. The molecule has 0 saturated heterocycles. The van der Waals surface area contributed by atoms with Crippen LogP contribution in [0.3, 0.4) is 0 Å². The topological polar surface area (TPSA) is 25.2 Å². The van der Waals surface area contributed by atoms with E-state index in [0.717, 1.165) is 30.4 Å². The number of aryl methyl sites for hydroxylation is 1. The minimum Gasteiger partial charge on any atom is -0.464 e. The van der Waals surface area contributed by atoms with Gasteiger partial charge in [0.05, 0.1) is 6.04 Å². The van der Waals surface area contributed by atoms with Crippen molar-refractivity contribution in [3.05, 3.63) is 23.7 Å². The molecule has 2 rings (SSSR count). The maximum Gasteiger partial charge on any atom is 0.121 e. The van der Waals surface area contributed by atoms with Crippen LogP contribution in [0.2, 0.25) is 0 Å². The molecule has 1 aliphatic rings. The maximum absolute atomic E-state index is 6.00. The van der Waals surface area contributed by atoms with Gasteiger partial charge in [-0.25, -0.2) is 0 Å². The van der Waals surface area contributed by atoms with Crippen LogP contribution in [0, 0.1) is 5.92 Å². The molecule has 1 saturated carbocycles. The minimum absolute atomic E-state index is 0.415. The molecule has 114 valence electrons. The third kappa shape index (κ3) is 4.66. The van der Waals surface area contributed by atoms with Gasteiger partial charge in [0.1, 0.15) is 11.5 Å². The average Bonchev–Trinajstić information content (AvgIpc) is 2.80. The second kappa shape index (κ2) is 8.51. The molecule has 1 aromatic rings. The van der Waals surface area contributed by atoms with E-state index in [4.69, 9.17) is 4.42 Å². The van der Waals surface area contributed by atoms with Crippen molar-refractivity contribution < 1.29 is 4.42 Å². The third-order valence-corrected chi connectivity index (χ3v) is 4.56. The van der Waals surface area contributed by atoms with E-state index in [1.807, 2.05) is 0 Å². The molecule has 0 aliphatic heterocycles. The highest BCUT2D eigenvalue weighted by Gasteiger charge is 2.21. The summed E-state index contributed by atoms with van der Waals surface area (Å²) >= 11 is 0. The fourth-order valence-electron chi connectivity index (χ4n) is 3.32. The molecule has 0 bridgehead atoms. The standard InChI is InChI=1S/C18H31NO/c1-3-13-19-17(18-12-11-16(4-2)20-18)14-15-9-7-5-6-8-10-15/h11-12,15,17,19H,3-10,13-14H2,1-2H3. The van der Waals surface area contributed by atoms with Crippen molar-refractivity contribution >= 4 is 0 Å². The van der Waals surface area contributed by atoms with E-state index in [2.05, 4.69) is 31.3 Å². The van der Waals surface area contributed by atoms with Gasteiger partial charge < -0.3 is 9.73 Å². The molecular formula is C18H31NO. The molecule has 0 amide bonds. The number of nitrogens with one attached hydrogen (secondary N) is 1. The van der Waals surface area contributed by atoms with Crippen LogP contribution in [0.25, 0.3) is 0 Å². The first-order valence-corrected chi connectivity index (χ1v) is 8.65. The van der Waals surface area contributed by atoms with Gasteiger partial charge in [0, 0.05) is 6.42 Å². The molecule has 0 aromatic carbocycles. The molecular weight excluding hydrogens is 246 g/mol. The number of hydrogen-bond acceptors (Lipinski definition) is 2. The Balaban J connectivity index is 1.98. The number of furan rings is 1. The van der Waals surface area contributed by atoms with Crippen LogP contribution >= 0.6 is 0 Å². The quantitative estimate of drug-likeness (QED) is 0.689. The molecule has 1 heterocycles. The summed E-state index contributed by atoms with van der Waals surface area (Å²) in [6.45, 7) is 5.47. The molecule has 20 heavy (non-hydrogen) atoms. The summed E-state index contributed by atoms with van der Waals surface area (Å²) in [6.07, 6.45) is 11.9. The smallest absolute Gasteiger partial charge is 0.121 e. The van der Waals surface area contributed by atoms with E-state index in [-0.39, 0.29) is 0 Å². The first kappa shape index (κ1) is 15.6. The molecule has 1 aromatic heterocycles. The SMILES string of the molecule is CCCNC(CC1CCCCCC1)c1ccc(CC)o1. The molecule has 2 heteroatoms. The van der Waals surface area contributed by atoms with Crippen LogP contribution in [-0.2, 0) is 6.42 Å². The van der Waals surface area contributed by atoms with Crippen molar-refractivity contribution in [3.8, 4) is 0 Å². The predicted molar refractivity (Wildman–Crippen MR) is 84.9 cm³/mol. The van der Waals surface area contributed by atoms with Crippen LogP contribution in [0.15, 0.2) is 16.5 Å². The van der Waals surface area contributed by atoms with E-state index in [9.17, 15) is 0 Å². The van der Waals surface area contributed by atoms with Gasteiger partial charge in [-0.2, -0.15) is 0 Å². The predicted octanol–water partition coefficient (Wildman–Crippen LogP) is 5.24. The molecule has 1 atom stereocenters. The Morgan fingerprint density at radius 2 is 1.90 bits per heavy atom. The van der Waals surface area contributed by atoms with E-state index in [1.165, 1.54) is 51.4 Å². The molecule has 0 radical (unpaired) electrons. The molecule has 1 fully saturated rings. The molecule has 1 unspecified atom stereocenters. The lowest BCUT2D eigenvalue weighted by Gasteiger charge is -2.22. The lowest BCUT2D eigenvalue weighted by molar-refractivity contribution is 0.314. The fraction of sp³-hybridized carbons (Fsp3) is 0.778. The zero-order valence-electron chi connectivity index (χ0n) is 13.3. The maximum atomic E-state index is 6.00. The third-order valence-electron chi connectivity index (χ3n) is 4.56. The lowest BCUT2D eigenvalue weighted by Crippen LogP contribution is -2.24. The van der Waals surface area contributed by atoms with Crippen molar-refractivity contribution in [1.82, 2.24) is 5.32 Å². The van der Waals surface area contributed by atoms with Crippen LogP contribution in [0.1, 0.15) is 82.8 Å². The van der Waals surface area contributed by atoms with Gasteiger partial charge >= 0.3 is 0 Å². The highest BCUT2D eigenvalue weighted by Crippen LogP contribution is 2.31. The van der Waals surface area contributed by atoms with E-state index < -0.39 is 0 Å². The summed E-state index contributed by atoms with van der Waals surface area (Å²) in [5.41, 5.74) is 0. The van der Waals surface area contributed by atoms with Gasteiger partial charge in [-0.1, -0.05) is 52.4 Å². The van der Waals surface area contributed by atoms with Crippen molar-refractivity contribution in [2.45, 2.75) is 77.7 Å². The van der Waals surface area contributed by atoms with Crippen LogP contribution in [0.4, 0.5) is 0 Å². The number of rotatable bonds is 7. The Labute approximate surface area is 124 Å². The monoisotopic (exact) mass is 277 g/mol. The summed E-state index contributed by atoms with van der Waals surface area (Å²) in [5, 5.41) is 3.70. The fourth-order valence-corrected chi connectivity index (χ4v) is 3.32.